The summed E-state index contributed by atoms with van der Waals surface area (Å²) in [5.41, 5.74) is 0. The Balaban J connectivity index is 2.27. The normalized spacial score (nSPS) is 27.4. The van der Waals surface area contributed by atoms with Crippen molar-refractivity contribution in [2.24, 2.45) is 0 Å². The fourth-order valence-corrected chi connectivity index (χ4v) is 1.20. The van der Waals surface area contributed by atoms with E-state index in [0.717, 1.165) is 6.42 Å². The van der Waals surface area contributed by atoms with Gasteiger partial charge in [-0.2, -0.15) is 16.5 Å². The Labute approximate surface area is 56.2 Å². The maximum atomic E-state index is 10.3. The summed E-state index contributed by atoms with van der Waals surface area (Å²) < 4.78 is 20.1. The van der Waals surface area contributed by atoms with Gasteiger partial charge in [-0.3, -0.25) is 0 Å². The predicted octanol–water partition coefficient (Wildman–Crippen LogP) is 0.103. The Bertz CT molecular complexity index is 138. The summed E-state index contributed by atoms with van der Waals surface area (Å²) in [6, 6.07) is 0. The molecule has 1 aliphatic heterocycles. The second-order valence-electron chi connectivity index (χ2n) is 1.89. The fraction of sp³-hybridized carbons (Fsp3) is 0.800. The van der Waals surface area contributed by atoms with Crippen LogP contribution >= 0.6 is 0 Å². The first kappa shape index (κ1) is 7.05. The molecule has 1 atom stereocenters. The molecule has 1 heterocycles. The number of ether oxygens (including phenoxy) is 1. The van der Waals surface area contributed by atoms with Gasteiger partial charge in [0.15, 0.2) is 0 Å². The number of hydrogen-bond acceptors (Lipinski definition) is 4. The van der Waals surface area contributed by atoms with Crippen molar-refractivity contribution in [3.8, 4) is 0 Å². The molecule has 1 rings (SSSR count). The first-order valence-electron chi connectivity index (χ1n) is 2.75. The lowest BCUT2D eigenvalue weighted by atomic mass is 10.3. The van der Waals surface area contributed by atoms with Crippen molar-refractivity contribution in [2.75, 3.05) is 13.2 Å². The topological polar surface area (TPSA) is 35.5 Å². The highest BCUT2D eigenvalue weighted by Crippen LogP contribution is 2.07. The molecule has 1 aliphatic rings. The van der Waals surface area contributed by atoms with Crippen LogP contribution in [0.25, 0.3) is 0 Å². The van der Waals surface area contributed by atoms with E-state index in [9.17, 15) is 4.21 Å². The van der Waals surface area contributed by atoms with E-state index in [0.29, 0.717) is 13.2 Å². The third-order valence-corrected chi connectivity index (χ3v) is 1.62. The van der Waals surface area contributed by atoms with Gasteiger partial charge in [-0.15, -0.1) is 0 Å². The van der Waals surface area contributed by atoms with Crippen LogP contribution in [0, 0.1) is 0 Å². The largest absolute Gasteiger partial charge is 0.447 e. The second kappa shape index (κ2) is 3.20. The first-order valence-corrected chi connectivity index (χ1v) is 4.00. The molecule has 4 heteroatoms. The summed E-state index contributed by atoms with van der Waals surface area (Å²) in [5.74, 6) is 3.20. The average Bonchev–Trinajstić information content (AvgIpc) is 2.15. The molecule has 9 heavy (non-hydrogen) atoms. The summed E-state index contributed by atoms with van der Waals surface area (Å²) in [5, 5.41) is 0. The van der Waals surface area contributed by atoms with Gasteiger partial charge >= 0.3 is 0 Å². The zero-order chi connectivity index (χ0) is 6.69. The minimum atomic E-state index is -1.39. The zero-order valence-electron chi connectivity index (χ0n) is 5.04. The summed E-state index contributed by atoms with van der Waals surface area (Å²) >= 11 is 0. The van der Waals surface area contributed by atoms with Crippen LogP contribution in [0.2, 0.25) is 0 Å². The van der Waals surface area contributed by atoms with Gasteiger partial charge in [0.2, 0.25) is 0 Å². The molecule has 0 amide bonds. The van der Waals surface area contributed by atoms with Crippen LogP contribution in [0.4, 0.5) is 0 Å². The molecule has 0 N–H and O–H groups in total. The minimum absolute atomic E-state index is 0.00309. The predicted molar refractivity (Wildman–Crippen MR) is 35.5 cm³/mol. The van der Waals surface area contributed by atoms with Crippen molar-refractivity contribution >= 4 is 16.5 Å². The molecular weight excluding hydrogens is 140 g/mol. The van der Waals surface area contributed by atoms with Crippen LogP contribution in [-0.4, -0.2) is 25.2 Å². The first-order chi connectivity index (χ1) is 4.29. The van der Waals surface area contributed by atoms with Crippen LogP contribution in [0.5, 0.6) is 0 Å². The van der Waals surface area contributed by atoms with Gasteiger partial charge in [-0.25, -0.2) is 0 Å². The molecule has 0 aromatic heterocycles. The van der Waals surface area contributed by atoms with Crippen molar-refractivity contribution in [3.63, 3.8) is 0 Å². The minimum Gasteiger partial charge on any atom is -0.447 e. The third kappa shape index (κ3) is 2.34. The van der Waals surface area contributed by atoms with Crippen LogP contribution in [0.3, 0.4) is 0 Å². The van der Waals surface area contributed by atoms with Crippen molar-refractivity contribution in [3.05, 3.63) is 0 Å². The van der Waals surface area contributed by atoms with Gasteiger partial charge in [-0.1, -0.05) is 0 Å². The highest BCUT2D eigenvalue weighted by molar-refractivity contribution is 7.77. The smallest absolute Gasteiger partial charge is 0.0710 e. The maximum Gasteiger partial charge on any atom is 0.0710 e. The molecule has 1 unspecified atom stereocenters. The van der Waals surface area contributed by atoms with E-state index in [2.05, 4.69) is 5.87 Å². The van der Waals surface area contributed by atoms with E-state index in [1.54, 1.807) is 0 Å². The Morgan fingerprint density at radius 3 is 3.00 bits per heavy atom. The molecule has 0 aromatic rings. The van der Waals surface area contributed by atoms with Crippen molar-refractivity contribution in [2.45, 2.75) is 12.5 Å². The van der Waals surface area contributed by atoms with Crippen LogP contribution in [0.1, 0.15) is 6.42 Å². The summed E-state index contributed by atoms with van der Waals surface area (Å²) in [7, 11) is -1.39. The van der Waals surface area contributed by atoms with E-state index < -0.39 is 10.7 Å². The van der Waals surface area contributed by atoms with Crippen LogP contribution in [-0.2, 0) is 23.8 Å². The molecule has 0 saturated carbocycles. The van der Waals surface area contributed by atoms with Crippen LogP contribution < -0.4 is 0 Å². The Hall–Kier alpha value is -0.0600. The molecular formula is C5H9O3S-. The van der Waals surface area contributed by atoms with E-state index in [1.807, 2.05) is 0 Å². The average molecular weight is 149 g/mol. The lowest BCUT2D eigenvalue weighted by Gasteiger charge is -2.11. The monoisotopic (exact) mass is 149 g/mol. The quantitative estimate of drug-likeness (QED) is 0.412. The van der Waals surface area contributed by atoms with E-state index in [-0.39, 0.29) is 6.10 Å². The van der Waals surface area contributed by atoms with Crippen LogP contribution in [0.15, 0.2) is 0 Å². The fourth-order valence-electron chi connectivity index (χ4n) is 0.741. The van der Waals surface area contributed by atoms with Gasteiger partial charge in [-0.05, 0) is 6.42 Å². The molecule has 0 spiro atoms. The van der Waals surface area contributed by atoms with E-state index >= 15 is 0 Å². The highest BCUT2D eigenvalue weighted by Gasteiger charge is 2.12. The summed E-state index contributed by atoms with van der Waals surface area (Å²) in [4.78, 5) is 0. The van der Waals surface area contributed by atoms with Crippen molar-refractivity contribution in [1.82, 2.24) is 0 Å². The number of hydrogen-bond donors (Lipinski definition) is 0. The van der Waals surface area contributed by atoms with Crippen molar-refractivity contribution < 1.29 is 13.1 Å². The van der Waals surface area contributed by atoms with Gasteiger partial charge < -0.3 is 13.1 Å². The molecule has 0 radical (unpaired) electrons. The zero-order valence-corrected chi connectivity index (χ0v) is 5.86. The maximum absolute atomic E-state index is 10.3. The molecule has 0 aliphatic carbocycles. The molecule has 54 valence electrons. The third-order valence-electron chi connectivity index (χ3n) is 1.13. The molecule has 1 saturated heterocycles. The Kier molecular flexibility index (Phi) is 2.50. The van der Waals surface area contributed by atoms with Gasteiger partial charge in [0.1, 0.15) is 0 Å². The molecule has 0 bridgehead atoms. The molecule has 3 nitrogen and oxygen atoms in total. The van der Waals surface area contributed by atoms with Gasteiger partial charge in [0, 0.05) is 6.61 Å². The lowest BCUT2D eigenvalue weighted by molar-refractivity contribution is 0.151. The second-order valence-corrected chi connectivity index (χ2v) is 2.69. The number of rotatable bonds is 2. The van der Waals surface area contributed by atoms with Gasteiger partial charge in [0.25, 0.3) is 0 Å². The van der Waals surface area contributed by atoms with Crippen molar-refractivity contribution in [1.29, 1.82) is 0 Å². The Morgan fingerprint density at radius 2 is 2.56 bits per heavy atom. The molecule has 0 aromatic carbocycles. The van der Waals surface area contributed by atoms with E-state index in [4.69, 9.17) is 8.92 Å². The van der Waals surface area contributed by atoms with Gasteiger partial charge in [0.05, 0.1) is 12.7 Å². The van der Waals surface area contributed by atoms with E-state index in [1.165, 1.54) is 0 Å². The summed E-state index contributed by atoms with van der Waals surface area (Å²) in [6.07, 6.45) is 0.838. The molecule has 1 fully saturated rings. The Morgan fingerprint density at radius 1 is 1.78 bits per heavy atom. The highest BCUT2D eigenvalue weighted by atomic mass is 32.2. The standard InChI is InChI=1S/C5H9O3S/c1-9(6)8-5-2-3-7-4-5/h5H,1-4H2/q-1. The summed E-state index contributed by atoms with van der Waals surface area (Å²) in [6.45, 7) is 1.27. The lowest BCUT2D eigenvalue weighted by Crippen LogP contribution is -2.10. The SMILES string of the molecule is C=[S-](=O)OC1CCOC1.